The summed E-state index contributed by atoms with van der Waals surface area (Å²) in [6, 6.07) is 0. The van der Waals surface area contributed by atoms with Crippen LogP contribution in [0.25, 0.3) is 0 Å². The molecule has 0 heterocycles. The first-order valence-electron chi connectivity index (χ1n) is 5.39. The van der Waals surface area contributed by atoms with Gasteiger partial charge in [0.1, 0.15) is 12.2 Å². The SMILES string of the molecule is CC(C)C(C)CC[C@@H](O)[C@@H](O)[C@@H](O)C=S. The van der Waals surface area contributed by atoms with Crippen LogP contribution in [0, 0.1) is 11.8 Å². The van der Waals surface area contributed by atoms with Crippen LogP contribution in [0.5, 0.6) is 0 Å². The molecule has 90 valence electrons. The second-order valence-electron chi connectivity index (χ2n) is 4.48. The molecule has 0 amide bonds. The standard InChI is InChI=1S/C11H22O3S/c1-7(2)8(3)4-5-9(12)11(14)10(13)6-15/h6-14H,4-5H2,1-3H3/t8?,9-,10+,11-/m1/s1. The van der Waals surface area contributed by atoms with Crippen molar-refractivity contribution in [2.45, 2.75) is 51.9 Å². The summed E-state index contributed by atoms with van der Waals surface area (Å²) >= 11 is 4.50. The zero-order valence-corrected chi connectivity index (χ0v) is 10.4. The number of aliphatic hydroxyl groups is 3. The number of aliphatic hydroxyl groups excluding tert-OH is 3. The molecular weight excluding hydrogens is 212 g/mol. The fourth-order valence-corrected chi connectivity index (χ4v) is 1.41. The Hall–Kier alpha value is -0.0300. The molecule has 0 aliphatic rings. The van der Waals surface area contributed by atoms with Crippen molar-refractivity contribution in [3.8, 4) is 0 Å². The first kappa shape index (κ1) is 15.0. The van der Waals surface area contributed by atoms with Gasteiger partial charge in [-0.05, 0) is 24.7 Å². The summed E-state index contributed by atoms with van der Waals surface area (Å²) in [6.45, 7) is 6.36. The van der Waals surface area contributed by atoms with E-state index in [1.54, 1.807) is 0 Å². The lowest BCUT2D eigenvalue weighted by Gasteiger charge is -2.22. The van der Waals surface area contributed by atoms with Gasteiger partial charge in [0.2, 0.25) is 0 Å². The van der Waals surface area contributed by atoms with Gasteiger partial charge in [-0.1, -0.05) is 33.0 Å². The average Bonchev–Trinajstić information content (AvgIpc) is 2.22. The summed E-state index contributed by atoms with van der Waals surface area (Å²) in [5, 5.41) is 29.3. The topological polar surface area (TPSA) is 60.7 Å². The Bertz CT molecular complexity index is 185. The maximum atomic E-state index is 9.57. The molecule has 0 spiro atoms. The van der Waals surface area contributed by atoms with Crippen LogP contribution in [-0.4, -0.2) is 39.0 Å². The van der Waals surface area contributed by atoms with E-state index in [-0.39, 0.29) is 0 Å². The minimum Gasteiger partial charge on any atom is -0.390 e. The van der Waals surface area contributed by atoms with Crippen molar-refractivity contribution in [1.82, 2.24) is 0 Å². The molecule has 0 aliphatic carbocycles. The van der Waals surface area contributed by atoms with Gasteiger partial charge in [0, 0.05) is 5.37 Å². The smallest absolute Gasteiger partial charge is 0.111 e. The molecule has 3 N–H and O–H groups in total. The normalized spacial score (nSPS) is 19.7. The number of rotatable bonds is 7. The molecule has 0 aromatic rings. The minimum absolute atomic E-state index is 0.487. The monoisotopic (exact) mass is 234 g/mol. The minimum atomic E-state index is -1.16. The number of hydrogen-bond donors (Lipinski definition) is 3. The zero-order valence-electron chi connectivity index (χ0n) is 9.63. The summed E-state index contributed by atoms with van der Waals surface area (Å²) in [4.78, 5) is 0. The molecule has 0 aromatic heterocycles. The molecule has 3 nitrogen and oxygen atoms in total. The Kier molecular flexibility index (Phi) is 7.26. The lowest BCUT2D eigenvalue weighted by Crippen LogP contribution is -2.38. The van der Waals surface area contributed by atoms with Gasteiger partial charge < -0.3 is 15.3 Å². The number of hydrogen-bond acceptors (Lipinski definition) is 4. The van der Waals surface area contributed by atoms with E-state index in [0.717, 1.165) is 11.8 Å². The Labute approximate surface area is 97.1 Å². The Balaban J connectivity index is 3.92. The second kappa shape index (κ2) is 7.28. The quantitative estimate of drug-likeness (QED) is 0.578. The first-order chi connectivity index (χ1) is 6.90. The summed E-state index contributed by atoms with van der Waals surface area (Å²) in [7, 11) is 0. The van der Waals surface area contributed by atoms with Crippen molar-refractivity contribution in [3.63, 3.8) is 0 Å². The van der Waals surface area contributed by atoms with Crippen LogP contribution in [0.1, 0.15) is 33.6 Å². The molecule has 0 radical (unpaired) electrons. The van der Waals surface area contributed by atoms with Gasteiger partial charge in [-0.3, -0.25) is 0 Å². The molecule has 15 heavy (non-hydrogen) atoms. The van der Waals surface area contributed by atoms with E-state index in [2.05, 4.69) is 33.0 Å². The molecule has 4 atom stereocenters. The first-order valence-corrected chi connectivity index (χ1v) is 5.86. The average molecular weight is 234 g/mol. The van der Waals surface area contributed by atoms with Gasteiger partial charge in [0.25, 0.3) is 0 Å². The van der Waals surface area contributed by atoms with Crippen LogP contribution in [0.2, 0.25) is 0 Å². The van der Waals surface area contributed by atoms with E-state index < -0.39 is 18.3 Å². The molecule has 0 rings (SSSR count). The fraction of sp³-hybridized carbons (Fsp3) is 0.909. The van der Waals surface area contributed by atoms with Crippen molar-refractivity contribution in [2.24, 2.45) is 11.8 Å². The van der Waals surface area contributed by atoms with Gasteiger partial charge in [0.15, 0.2) is 0 Å². The lowest BCUT2D eigenvalue weighted by molar-refractivity contribution is -0.0377. The molecule has 0 fully saturated rings. The van der Waals surface area contributed by atoms with E-state index in [1.807, 2.05) is 0 Å². The third-order valence-electron chi connectivity index (χ3n) is 2.94. The highest BCUT2D eigenvalue weighted by molar-refractivity contribution is 7.79. The van der Waals surface area contributed by atoms with Crippen molar-refractivity contribution < 1.29 is 15.3 Å². The predicted octanol–water partition coefficient (Wildman–Crippen LogP) is 1.14. The van der Waals surface area contributed by atoms with E-state index in [4.69, 9.17) is 0 Å². The summed E-state index contributed by atoms with van der Waals surface area (Å²) in [5.74, 6) is 1.06. The van der Waals surface area contributed by atoms with Gasteiger partial charge >= 0.3 is 0 Å². The van der Waals surface area contributed by atoms with Gasteiger partial charge in [-0.15, -0.1) is 0 Å². The molecule has 0 saturated carbocycles. The molecule has 4 heteroatoms. The van der Waals surface area contributed by atoms with Crippen LogP contribution >= 0.6 is 12.2 Å². The highest BCUT2D eigenvalue weighted by atomic mass is 32.1. The lowest BCUT2D eigenvalue weighted by atomic mass is 9.90. The van der Waals surface area contributed by atoms with Crippen LogP contribution < -0.4 is 0 Å². The van der Waals surface area contributed by atoms with Crippen LogP contribution in [0.3, 0.4) is 0 Å². The summed E-state index contributed by atoms with van der Waals surface area (Å²) in [6.07, 6.45) is -1.87. The summed E-state index contributed by atoms with van der Waals surface area (Å²) in [5.41, 5.74) is 0. The Morgan fingerprint density at radius 2 is 1.60 bits per heavy atom. The molecule has 0 bridgehead atoms. The van der Waals surface area contributed by atoms with Gasteiger partial charge in [-0.25, -0.2) is 0 Å². The van der Waals surface area contributed by atoms with Gasteiger partial charge in [0.05, 0.1) is 6.10 Å². The van der Waals surface area contributed by atoms with Crippen molar-refractivity contribution >= 4 is 17.6 Å². The molecule has 0 aromatic carbocycles. The van der Waals surface area contributed by atoms with E-state index >= 15 is 0 Å². The largest absolute Gasteiger partial charge is 0.390 e. The Morgan fingerprint density at radius 1 is 1.07 bits per heavy atom. The van der Waals surface area contributed by atoms with E-state index in [1.165, 1.54) is 0 Å². The van der Waals surface area contributed by atoms with Crippen LogP contribution in [0.4, 0.5) is 0 Å². The molecule has 1 unspecified atom stereocenters. The molecular formula is C11H22O3S. The van der Waals surface area contributed by atoms with E-state index in [9.17, 15) is 15.3 Å². The highest BCUT2D eigenvalue weighted by Gasteiger charge is 2.23. The van der Waals surface area contributed by atoms with Crippen molar-refractivity contribution in [3.05, 3.63) is 0 Å². The maximum Gasteiger partial charge on any atom is 0.111 e. The summed E-state index contributed by atoms with van der Waals surface area (Å²) < 4.78 is 0. The number of thiocarbonyl (C=S) groups is 1. The van der Waals surface area contributed by atoms with E-state index in [0.29, 0.717) is 18.3 Å². The maximum absolute atomic E-state index is 9.57. The Morgan fingerprint density at radius 3 is 2.00 bits per heavy atom. The molecule has 0 saturated heterocycles. The third kappa shape index (κ3) is 5.56. The van der Waals surface area contributed by atoms with Crippen molar-refractivity contribution in [2.75, 3.05) is 0 Å². The highest BCUT2D eigenvalue weighted by Crippen LogP contribution is 2.18. The predicted molar refractivity (Wildman–Crippen MR) is 64.9 cm³/mol. The van der Waals surface area contributed by atoms with Crippen LogP contribution in [-0.2, 0) is 0 Å². The van der Waals surface area contributed by atoms with Crippen molar-refractivity contribution in [1.29, 1.82) is 0 Å². The van der Waals surface area contributed by atoms with Gasteiger partial charge in [-0.2, -0.15) is 0 Å². The third-order valence-corrected chi connectivity index (χ3v) is 3.22. The zero-order chi connectivity index (χ0) is 12.0. The second-order valence-corrected chi connectivity index (χ2v) is 4.76. The fourth-order valence-electron chi connectivity index (χ4n) is 1.25. The molecule has 0 aliphatic heterocycles. The van der Waals surface area contributed by atoms with Crippen LogP contribution in [0.15, 0.2) is 0 Å².